The molecule has 1 atom stereocenters. The number of carbonyl (C=O) groups is 1. The molecule has 0 aliphatic carbocycles. The Morgan fingerprint density at radius 3 is 2.67 bits per heavy atom. The van der Waals surface area contributed by atoms with Crippen LogP contribution in [0.1, 0.15) is 40.0 Å². The first-order chi connectivity index (χ1) is 17.1. The van der Waals surface area contributed by atoms with Crippen molar-refractivity contribution in [2.75, 3.05) is 55.4 Å². The van der Waals surface area contributed by atoms with Crippen molar-refractivity contribution in [3.63, 3.8) is 0 Å². The Balaban J connectivity index is 1.23. The molecule has 2 N–H and O–H groups in total. The lowest BCUT2D eigenvalue weighted by Gasteiger charge is -2.49. The first-order valence-electron chi connectivity index (χ1n) is 12.6. The fourth-order valence-corrected chi connectivity index (χ4v) is 6.09. The number of rotatable bonds is 5. The maximum atomic E-state index is 12.5. The van der Waals surface area contributed by atoms with Gasteiger partial charge in [-0.05, 0) is 46.1 Å². The van der Waals surface area contributed by atoms with E-state index in [4.69, 9.17) is 14.3 Å². The second-order valence-electron chi connectivity index (χ2n) is 11.4. The largest absolute Gasteiger partial charge is 0.444 e. The number of amides is 1. The number of aromatic nitrogens is 2. The van der Waals surface area contributed by atoms with Crippen LogP contribution in [0.15, 0.2) is 24.4 Å². The molecule has 10 nitrogen and oxygen atoms in total. The Hall–Kier alpha value is -2.50. The fourth-order valence-electron chi connectivity index (χ4n) is 5.52. The third kappa shape index (κ3) is 5.57. The normalized spacial score (nSPS) is 21.6. The van der Waals surface area contributed by atoms with Crippen molar-refractivity contribution >= 4 is 39.7 Å². The average molecular weight is 517 g/mol. The summed E-state index contributed by atoms with van der Waals surface area (Å²) in [7, 11) is 0. The summed E-state index contributed by atoms with van der Waals surface area (Å²) in [6.45, 7) is 10.5. The highest BCUT2D eigenvalue weighted by Gasteiger charge is 2.49. The lowest BCUT2D eigenvalue weighted by Crippen LogP contribution is -2.58. The SMILES string of the molecule is CC(C)(C)OC(=O)N1CCC2(C1)CN(c1cccc3cnc(NC4CCN(CS(=O)O)CC4)nc13)C2. The lowest BCUT2D eigenvalue weighted by molar-refractivity contribution is 0.0265. The number of hydrogen-bond acceptors (Lipinski definition) is 8. The van der Waals surface area contributed by atoms with E-state index in [1.807, 2.05) is 48.9 Å². The number of benzene rings is 1. The summed E-state index contributed by atoms with van der Waals surface area (Å²) < 4.78 is 25.8. The highest BCUT2D eigenvalue weighted by Crippen LogP contribution is 2.43. The zero-order chi connectivity index (χ0) is 25.5. The molecule has 5 rings (SSSR count). The molecule has 196 valence electrons. The Kier molecular flexibility index (Phi) is 6.82. The van der Waals surface area contributed by atoms with E-state index in [-0.39, 0.29) is 23.4 Å². The number of nitrogens with one attached hydrogen (secondary N) is 1. The van der Waals surface area contributed by atoms with Crippen molar-refractivity contribution in [2.45, 2.75) is 51.7 Å². The summed E-state index contributed by atoms with van der Waals surface area (Å²) >= 11 is -1.79. The van der Waals surface area contributed by atoms with Crippen molar-refractivity contribution in [1.29, 1.82) is 0 Å². The first kappa shape index (κ1) is 25.2. The molecule has 1 spiro atoms. The van der Waals surface area contributed by atoms with E-state index in [1.165, 1.54) is 0 Å². The van der Waals surface area contributed by atoms with Gasteiger partial charge in [0.1, 0.15) is 11.5 Å². The molecule has 1 aromatic carbocycles. The van der Waals surface area contributed by atoms with Crippen LogP contribution in [0.5, 0.6) is 0 Å². The number of anilines is 2. The summed E-state index contributed by atoms with van der Waals surface area (Å²) in [5.41, 5.74) is 1.66. The van der Waals surface area contributed by atoms with Gasteiger partial charge in [0.05, 0.1) is 11.2 Å². The van der Waals surface area contributed by atoms with Crippen molar-refractivity contribution in [1.82, 2.24) is 19.8 Å². The van der Waals surface area contributed by atoms with Crippen LogP contribution in [0, 0.1) is 5.41 Å². The predicted octanol–water partition coefficient (Wildman–Crippen LogP) is 3.13. The Morgan fingerprint density at radius 1 is 1.22 bits per heavy atom. The zero-order valence-electron chi connectivity index (χ0n) is 21.3. The van der Waals surface area contributed by atoms with E-state index in [0.717, 1.165) is 75.1 Å². The van der Waals surface area contributed by atoms with E-state index < -0.39 is 16.7 Å². The lowest BCUT2D eigenvalue weighted by atomic mass is 9.78. The molecule has 2 aromatic rings. The molecule has 3 aliphatic heterocycles. The number of para-hydroxylation sites is 1. The molecule has 0 radical (unpaired) electrons. The van der Waals surface area contributed by atoms with Crippen molar-refractivity contribution in [3.05, 3.63) is 24.4 Å². The molecule has 3 fully saturated rings. The van der Waals surface area contributed by atoms with Gasteiger partial charge in [-0.2, -0.15) is 0 Å². The Morgan fingerprint density at radius 2 is 1.97 bits per heavy atom. The van der Waals surface area contributed by atoms with Gasteiger partial charge >= 0.3 is 6.09 Å². The van der Waals surface area contributed by atoms with Crippen LogP contribution in [-0.4, -0.2) is 91.4 Å². The van der Waals surface area contributed by atoms with Gasteiger partial charge in [-0.25, -0.2) is 19.0 Å². The number of nitrogens with zero attached hydrogens (tertiary/aromatic N) is 5. The van der Waals surface area contributed by atoms with E-state index in [2.05, 4.69) is 21.3 Å². The molecular formula is C25H36N6O4S. The van der Waals surface area contributed by atoms with E-state index >= 15 is 0 Å². The second-order valence-corrected chi connectivity index (χ2v) is 12.3. The van der Waals surface area contributed by atoms with Crippen molar-refractivity contribution < 1.29 is 18.3 Å². The van der Waals surface area contributed by atoms with Crippen LogP contribution in [0.25, 0.3) is 10.9 Å². The van der Waals surface area contributed by atoms with Gasteiger partial charge in [0, 0.05) is 62.3 Å². The third-order valence-corrected chi connectivity index (χ3v) is 7.87. The monoisotopic (exact) mass is 516 g/mol. The van der Waals surface area contributed by atoms with Crippen molar-refractivity contribution in [2.24, 2.45) is 5.41 Å². The number of hydrogen-bond donors (Lipinski definition) is 2. The van der Waals surface area contributed by atoms with Gasteiger partial charge < -0.3 is 24.4 Å². The van der Waals surface area contributed by atoms with Crippen LogP contribution >= 0.6 is 0 Å². The summed E-state index contributed by atoms with van der Waals surface area (Å²) in [6, 6.07) is 6.43. The summed E-state index contributed by atoms with van der Waals surface area (Å²) in [5, 5.41) is 4.47. The minimum Gasteiger partial charge on any atom is -0.444 e. The average Bonchev–Trinajstić information content (AvgIpc) is 3.24. The number of ether oxygens (including phenoxy) is 1. The van der Waals surface area contributed by atoms with Crippen LogP contribution in [0.3, 0.4) is 0 Å². The molecule has 11 heteroatoms. The van der Waals surface area contributed by atoms with Gasteiger partial charge in [0.25, 0.3) is 0 Å². The molecule has 1 aromatic heterocycles. The standard InChI is InChI=1S/C25H36N6O4S/c1-24(2,3)35-23(32)30-12-9-25(14-30)15-31(16-25)20-6-4-5-18-13-26-22(28-21(18)20)27-19-7-10-29(11-8-19)17-36(33)34/h4-6,13,19H,7-12,14-17H2,1-3H3,(H,33,34)(H,26,27,28). The predicted molar refractivity (Wildman–Crippen MR) is 140 cm³/mol. The molecule has 3 aliphatic rings. The number of carbonyl (C=O) groups excluding carboxylic acids is 1. The quantitative estimate of drug-likeness (QED) is 0.579. The van der Waals surface area contributed by atoms with Crippen LogP contribution in [-0.2, 0) is 15.8 Å². The third-order valence-electron chi connectivity index (χ3n) is 7.29. The van der Waals surface area contributed by atoms with Gasteiger partial charge in [-0.3, -0.25) is 4.90 Å². The topological polar surface area (TPSA) is 111 Å². The van der Waals surface area contributed by atoms with E-state index in [1.54, 1.807) is 0 Å². The maximum Gasteiger partial charge on any atom is 0.410 e. The molecule has 3 saturated heterocycles. The minimum atomic E-state index is -1.79. The zero-order valence-corrected chi connectivity index (χ0v) is 22.1. The van der Waals surface area contributed by atoms with Crippen LogP contribution in [0.4, 0.5) is 16.4 Å². The number of piperidine rings is 1. The number of likely N-dealkylation sites (tertiary alicyclic amines) is 2. The highest BCUT2D eigenvalue weighted by molar-refractivity contribution is 7.79. The van der Waals surface area contributed by atoms with Gasteiger partial charge in [-0.1, -0.05) is 12.1 Å². The molecule has 4 heterocycles. The Labute approximate surface area is 214 Å². The van der Waals surface area contributed by atoms with Gasteiger partial charge in [0.2, 0.25) is 5.95 Å². The van der Waals surface area contributed by atoms with E-state index in [0.29, 0.717) is 5.95 Å². The number of fused-ring (bicyclic) bond motifs is 1. The molecular weight excluding hydrogens is 480 g/mol. The van der Waals surface area contributed by atoms with Crippen molar-refractivity contribution in [3.8, 4) is 0 Å². The van der Waals surface area contributed by atoms with Gasteiger partial charge in [-0.15, -0.1) is 0 Å². The molecule has 0 saturated carbocycles. The first-order valence-corrected chi connectivity index (χ1v) is 13.9. The molecule has 0 bridgehead atoms. The van der Waals surface area contributed by atoms with E-state index in [9.17, 15) is 9.00 Å². The molecule has 1 unspecified atom stereocenters. The minimum absolute atomic E-state index is 0.111. The molecule has 36 heavy (non-hydrogen) atoms. The Bertz CT molecular complexity index is 1140. The smallest absolute Gasteiger partial charge is 0.410 e. The van der Waals surface area contributed by atoms with Crippen LogP contribution in [0.2, 0.25) is 0 Å². The molecule has 1 amide bonds. The highest BCUT2D eigenvalue weighted by atomic mass is 32.2. The summed E-state index contributed by atoms with van der Waals surface area (Å²) in [5.74, 6) is 0.821. The van der Waals surface area contributed by atoms with Gasteiger partial charge in [0.15, 0.2) is 11.1 Å². The summed E-state index contributed by atoms with van der Waals surface area (Å²) in [4.78, 5) is 28.2. The van der Waals surface area contributed by atoms with Crippen LogP contribution < -0.4 is 10.2 Å². The maximum absolute atomic E-state index is 12.5. The summed E-state index contributed by atoms with van der Waals surface area (Å²) in [6.07, 6.45) is 4.39. The fraction of sp³-hybridized carbons (Fsp3) is 0.640. The second kappa shape index (κ2) is 9.75.